The second-order valence-electron chi connectivity index (χ2n) is 5.06. The van der Waals surface area contributed by atoms with E-state index in [4.69, 9.17) is 5.73 Å². The van der Waals surface area contributed by atoms with Crippen LogP contribution in [0.2, 0.25) is 0 Å². The summed E-state index contributed by atoms with van der Waals surface area (Å²) in [5, 5.41) is 0. The minimum absolute atomic E-state index is 0.162. The first-order chi connectivity index (χ1) is 8.20. The highest BCUT2D eigenvalue weighted by Crippen LogP contribution is 2.30. The van der Waals surface area contributed by atoms with Crippen LogP contribution in [0.5, 0.6) is 0 Å². The predicted octanol–water partition coefficient (Wildman–Crippen LogP) is 2.21. The van der Waals surface area contributed by atoms with Crippen molar-refractivity contribution in [3.8, 4) is 0 Å². The normalized spacial score (nSPS) is 23.6. The second-order valence-corrected chi connectivity index (χ2v) is 5.06. The molecule has 0 aliphatic carbocycles. The number of benzene rings is 1. The van der Waals surface area contributed by atoms with Gasteiger partial charge in [-0.05, 0) is 56.6 Å². The Morgan fingerprint density at radius 3 is 3.00 bits per heavy atom. The number of nitrogens with two attached hydrogens (primary N) is 1. The summed E-state index contributed by atoms with van der Waals surface area (Å²) in [6.45, 7) is 2.83. The smallest absolute Gasteiger partial charge is 0.123 e. The van der Waals surface area contributed by atoms with Crippen LogP contribution in [0.3, 0.4) is 0 Å². The third kappa shape index (κ3) is 3.05. The van der Waals surface area contributed by atoms with Crippen molar-refractivity contribution in [3.05, 3.63) is 35.6 Å². The maximum absolute atomic E-state index is 13.3. The van der Waals surface area contributed by atoms with Gasteiger partial charge < -0.3 is 10.6 Å². The van der Waals surface area contributed by atoms with Crippen molar-refractivity contribution < 1.29 is 4.39 Å². The van der Waals surface area contributed by atoms with Crippen LogP contribution in [0.4, 0.5) is 4.39 Å². The first-order valence-corrected chi connectivity index (χ1v) is 6.35. The molecule has 0 saturated carbocycles. The molecule has 2 rings (SSSR count). The Morgan fingerprint density at radius 2 is 2.35 bits per heavy atom. The molecule has 1 fully saturated rings. The van der Waals surface area contributed by atoms with Gasteiger partial charge in [0, 0.05) is 12.5 Å². The van der Waals surface area contributed by atoms with Gasteiger partial charge in [-0.3, -0.25) is 0 Å². The molecule has 0 spiro atoms. The zero-order valence-corrected chi connectivity index (χ0v) is 10.4. The van der Waals surface area contributed by atoms with Crippen LogP contribution in [-0.4, -0.2) is 31.6 Å². The molecule has 2 nitrogen and oxygen atoms in total. The van der Waals surface area contributed by atoms with E-state index in [0.717, 1.165) is 18.7 Å². The molecule has 1 aliphatic heterocycles. The standard InChI is InChI=1S/C14H21FN2/c1-17-7-3-5-12(10-17)14(9-16)11-4-2-6-13(15)8-11/h2,4,6,8,12,14H,3,5,7,9-10,16H2,1H3. The average molecular weight is 236 g/mol. The minimum atomic E-state index is -0.162. The molecule has 1 saturated heterocycles. The van der Waals surface area contributed by atoms with E-state index in [1.807, 2.05) is 6.07 Å². The van der Waals surface area contributed by atoms with Gasteiger partial charge in [0.25, 0.3) is 0 Å². The van der Waals surface area contributed by atoms with E-state index < -0.39 is 0 Å². The molecule has 0 bridgehead atoms. The van der Waals surface area contributed by atoms with Gasteiger partial charge in [-0.2, -0.15) is 0 Å². The molecule has 0 amide bonds. The largest absolute Gasteiger partial charge is 0.330 e. The number of hydrogen-bond donors (Lipinski definition) is 1. The highest BCUT2D eigenvalue weighted by molar-refractivity contribution is 5.22. The van der Waals surface area contributed by atoms with Gasteiger partial charge in [-0.15, -0.1) is 0 Å². The molecule has 1 heterocycles. The van der Waals surface area contributed by atoms with Crippen LogP contribution >= 0.6 is 0 Å². The van der Waals surface area contributed by atoms with E-state index in [-0.39, 0.29) is 11.7 Å². The van der Waals surface area contributed by atoms with Crippen molar-refractivity contribution >= 4 is 0 Å². The lowest BCUT2D eigenvalue weighted by molar-refractivity contribution is 0.188. The number of likely N-dealkylation sites (tertiary alicyclic amines) is 1. The lowest BCUT2D eigenvalue weighted by Gasteiger charge is -2.34. The van der Waals surface area contributed by atoms with Crippen molar-refractivity contribution in [1.29, 1.82) is 0 Å². The minimum Gasteiger partial charge on any atom is -0.330 e. The maximum atomic E-state index is 13.3. The highest BCUT2D eigenvalue weighted by atomic mass is 19.1. The maximum Gasteiger partial charge on any atom is 0.123 e. The van der Waals surface area contributed by atoms with Gasteiger partial charge >= 0.3 is 0 Å². The van der Waals surface area contributed by atoms with Crippen LogP contribution in [0, 0.1) is 11.7 Å². The summed E-state index contributed by atoms with van der Waals surface area (Å²) in [5.41, 5.74) is 6.94. The predicted molar refractivity (Wildman–Crippen MR) is 68.4 cm³/mol. The Balaban J connectivity index is 2.15. The molecular formula is C14H21FN2. The van der Waals surface area contributed by atoms with Gasteiger partial charge in [-0.1, -0.05) is 12.1 Å². The quantitative estimate of drug-likeness (QED) is 0.872. The summed E-state index contributed by atoms with van der Waals surface area (Å²) in [6, 6.07) is 6.89. The third-order valence-corrected chi connectivity index (χ3v) is 3.76. The first kappa shape index (κ1) is 12.5. The first-order valence-electron chi connectivity index (χ1n) is 6.35. The van der Waals surface area contributed by atoms with Crippen molar-refractivity contribution in [1.82, 2.24) is 4.90 Å². The van der Waals surface area contributed by atoms with E-state index in [0.29, 0.717) is 12.5 Å². The van der Waals surface area contributed by atoms with Crippen LogP contribution in [-0.2, 0) is 0 Å². The van der Waals surface area contributed by atoms with Crippen LogP contribution in [0.15, 0.2) is 24.3 Å². The van der Waals surface area contributed by atoms with Gasteiger partial charge in [0.05, 0.1) is 0 Å². The number of halogens is 1. The molecule has 1 aromatic rings. The third-order valence-electron chi connectivity index (χ3n) is 3.76. The summed E-state index contributed by atoms with van der Waals surface area (Å²) < 4.78 is 13.3. The Kier molecular flexibility index (Phi) is 4.13. The summed E-state index contributed by atoms with van der Waals surface area (Å²) in [5.74, 6) is 0.680. The Labute approximate surface area is 103 Å². The number of rotatable bonds is 3. The summed E-state index contributed by atoms with van der Waals surface area (Å²) in [7, 11) is 2.14. The number of nitrogens with zero attached hydrogens (tertiary/aromatic N) is 1. The molecule has 2 unspecified atom stereocenters. The van der Waals surface area contributed by atoms with Crippen molar-refractivity contribution in [3.63, 3.8) is 0 Å². The number of hydrogen-bond acceptors (Lipinski definition) is 2. The molecule has 1 aromatic carbocycles. The van der Waals surface area contributed by atoms with E-state index in [9.17, 15) is 4.39 Å². The van der Waals surface area contributed by atoms with Gasteiger partial charge in [-0.25, -0.2) is 4.39 Å². The average Bonchev–Trinajstić information content (AvgIpc) is 2.30. The fraction of sp³-hybridized carbons (Fsp3) is 0.571. The molecule has 3 heteroatoms. The van der Waals surface area contributed by atoms with E-state index in [1.54, 1.807) is 12.1 Å². The molecular weight excluding hydrogens is 215 g/mol. The molecule has 2 atom stereocenters. The topological polar surface area (TPSA) is 29.3 Å². The van der Waals surface area contributed by atoms with Crippen LogP contribution in [0.1, 0.15) is 24.3 Å². The van der Waals surface area contributed by atoms with Crippen LogP contribution in [0.25, 0.3) is 0 Å². The molecule has 17 heavy (non-hydrogen) atoms. The monoisotopic (exact) mass is 236 g/mol. The lowest BCUT2D eigenvalue weighted by atomic mass is 9.81. The Hall–Kier alpha value is -0.930. The highest BCUT2D eigenvalue weighted by Gasteiger charge is 2.26. The van der Waals surface area contributed by atoms with E-state index in [2.05, 4.69) is 11.9 Å². The Morgan fingerprint density at radius 1 is 1.53 bits per heavy atom. The fourth-order valence-electron chi connectivity index (χ4n) is 2.87. The molecule has 94 valence electrons. The summed E-state index contributed by atoms with van der Waals surface area (Å²) in [4.78, 5) is 2.34. The number of piperidine rings is 1. The van der Waals surface area contributed by atoms with Crippen molar-refractivity contribution in [2.75, 3.05) is 26.7 Å². The lowest BCUT2D eigenvalue weighted by Crippen LogP contribution is -2.37. The molecule has 0 aromatic heterocycles. The van der Waals surface area contributed by atoms with Gasteiger partial charge in [0.15, 0.2) is 0 Å². The van der Waals surface area contributed by atoms with Crippen molar-refractivity contribution in [2.24, 2.45) is 11.7 Å². The summed E-state index contributed by atoms with van der Waals surface area (Å²) >= 11 is 0. The Bertz CT molecular complexity index is 367. The van der Waals surface area contributed by atoms with E-state index in [1.165, 1.54) is 18.9 Å². The zero-order valence-electron chi connectivity index (χ0n) is 10.4. The molecule has 1 aliphatic rings. The zero-order chi connectivity index (χ0) is 12.3. The molecule has 2 N–H and O–H groups in total. The molecule has 0 radical (unpaired) electrons. The summed E-state index contributed by atoms with van der Waals surface area (Å²) in [6.07, 6.45) is 2.41. The second kappa shape index (κ2) is 5.61. The fourth-order valence-corrected chi connectivity index (χ4v) is 2.87. The van der Waals surface area contributed by atoms with Crippen LogP contribution < -0.4 is 5.73 Å². The van der Waals surface area contributed by atoms with E-state index >= 15 is 0 Å². The van der Waals surface area contributed by atoms with Gasteiger partial charge in [0.1, 0.15) is 5.82 Å². The van der Waals surface area contributed by atoms with Gasteiger partial charge in [0.2, 0.25) is 0 Å². The SMILES string of the molecule is CN1CCCC(C(CN)c2cccc(F)c2)C1. The van der Waals surface area contributed by atoms with Crippen molar-refractivity contribution in [2.45, 2.75) is 18.8 Å².